The van der Waals surface area contributed by atoms with E-state index in [1.807, 2.05) is 11.2 Å². The predicted octanol–water partition coefficient (Wildman–Crippen LogP) is 7.01. The van der Waals surface area contributed by atoms with Crippen molar-refractivity contribution in [3.05, 3.63) is 119 Å². The summed E-state index contributed by atoms with van der Waals surface area (Å²) in [5.74, 6) is 0. The van der Waals surface area contributed by atoms with Crippen molar-refractivity contribution in [3.63, 3.8) is 0 Å². The highest BCUT2D eigenvalue weighted by molar-refractivity contribution is 5.93. The lowest BCUT2D eigenvalue weighted by Gasteiger charge is -2.20. The Labute approximate surface area is 215 Å². The maximum Gasteiger partial charge on any atom is 0.0659 e. The van der Waals surface area contributed by atoms with Crippen LogP contribution >= 0.6 is 0 Å². The molecule has 37 heavy (non-hydrogen) atoms. The lowest BCUT2D eigenvalue weighted by atomic mass is 10.1. The molecule has 0 spiro atoms. The Morgan fingerprint density at radius 1 is 0.676 bits per heavy atom. The van der Waals surface area contributed by atoms with Gasteiger partial charge in [-0.3, -0.25) is 0 Å². The topological polar surface area (TPSA) is 20.5 Å². The standard InChI is InChI=1S/C34H27N3/c1-36-33-13-7-6-12-31(33)32-20-24(14-19-34(32)36)23-35-37(29-17-15-25-8-2-4-10-27(25)21-29)30-18-16-26-9-3-5-11-28(26)22-30/h2-5,8-23H,6-7H2,1H3/b35-23-. The lowest BCUT2D eigenvalue weighted by molar-refractivity contribution is 0.910. The van der Waals surface area contributed by atoms with Crippen molar-refractivity contribution in [1.82, 2.24) is 4.57 Å². The van der Waals surface area contributed by atoms with Crippen molar-refractivity contribution in [2.45, 2.75) is 12.8 Å². The number of aromatic nitrogens is 1. The van der Waals surface area contributed by atoms with Gasteiger partial charge in [-0.05, 0) is 76.3 Å². The molecule has 5 aromatic carbocycles. The largest absolute Gasteiger partial charge is 0.344 e. The number of nitrogens with zero attached hydrogens (tertiary/aromatic N) is 3. The Morgan fingerprint density at radius 2 is 1.30 bits per heavy atom. The van der Waals surface area contributed by atoms with Crippen molar-refractivity contribution in [3.8, 4) is 0 Å². The van der Waals surface area contributed by atoms with Gasteiger partial charge in [0.05, 0.1) is 17.6 Å². The summed E-state index contributed by atoms with van der Waals surface area (Å²) in [6.45, 7) is 0. The summed E-state index contributed by atoms with van der Waals surface area (Å²) in [6, 6.07) is 36.6. The minimum atomic E-state index is 1.03. The first-order chi connectivity index (χ1) is 18.2. The Hall–Kier alpha value is -4.63. The number of benzene rings is 5. The molecule has 0 unspecified atom stereocenters. The van der Waals surface area contributed by atoms with Gasteiger partial charge >= 0.3 is 0 Å². The fourth-order valence-electron chi connectivity index (χ4n) is 5.52. The van der Waals surface area contributed by atoms with Crippen LogP contribution in [0.3, 0.4) is 0 Å². The first kappa shape index (κ1) is 21.6. The number of aryl methyl sites for hydroxylation is 1. The van der Waals surface area contributed by atoms with Gasteiger partial charge in [-0.2, -0.15) is 5.10 Å². The van der Waals surface area contributed by atoms with E-state index in [2.05, 4.69) is 127 Å². The van der Waals surface area contributed by atoms with Gasteiger partial charge in [0.2, 0.25) is 0 Å². The molecule has 0 saturated carbocycles. The molecule has 0 amide bonds. The first-order valence-electron chi connectivity index (χ1n) is 12.9. The Balaban J connectivity index is 1.36. The quantitative estimate of drug-likeness (QED) is 0.198. The van der Waals surface area contributed by atoms with E-state index in [1.54, 1.807) is 0 Å². The van der Waals surface area contributed by atoms with Crippen molar-refractivity contribution in [2.75, 3.05) is 5.01 Å². The van der Waals surface area contributed by atoms with Gasteiger partial charge in [-0.25, -0.2) is 5.01 Å². The number of anilines is 2. The van der Waals surface area contributed by atoms with E-state index in [-0.39, 0.29) is 0 Å². The molecule has 3 heteroatoms. The second-order valence-corrected chi connectivity index (χ2v) is 9.74. The molecule has 0 bridgehead atoms. The van der Waals surface area contributed by atoms with Gasteiger partial charge in [0, 0.05) is 28.5 Å². The highest BCUT2D eigenvalue weighted by Gasteiger charge is 2.11. The number of hydrazone groups is 1. The summed E-state index contributed by atoms with van der Waals surface area (Å²) < 4.78 is 2.30. The fraction of sp³-hybridized carbons (Fsp3) is 0.0882. The van der Waals surface area contributed by atoms with Crippen LogP contribution in [0.4, 0.5) is 11.4 Å². The second-order valence-electron chi connectivity index (χ2n) is 9.74. The summed E-state index contributed by atoms with van der Waals surface area (Å²) in [6.07, 6.45) is 8.91. The average molecular weight is 478 g/mol. The molecule has 178 valence electrons. The van der Waals surface area contributed by atoms with Crippen LogP contribution in [0.5, 0.6) is 0 Å². The van der Waals surface area contributed by atoms with Crippen LogP contribution in [0.15, 0.2) is 108 Å². The average Bonchev–Trinajstić information content (AvgIpc) is 3.24. The van der Waals surface area contributed by atoms with Crippen molar-refractivity contribution in [2.24, 2.45) is 12.1 Å². The maximum absolute atomic E-state index is 5.06. The van der Waals surface area contributed by atoms with E-state index < -0.39 is 0 Å². The summed E-state index contributed by atoms with van der Waals surface area (Å²) in [5.41, 5.74) is 4.42. The SMILES string of the molecule is Cn1c2c(c3cc(/C=N\N(c4ccc5ccccc5c4)c4ccc5ccccc5c4)ccc31)=CCCC=2. The first-order valence-corrected chi connectivity index (χ1v) is 12.9. The molecule has 1 heterocycles. The molecule has 7 rings (SSSR count). The molecule has 6 aromatic rings. The third-order valence-corrected chi connectivity index (χ3v) is 7.44. The van der Waals surface area contributed by atoms with E-state index in [1.165, 1.54) is 43.0 Å². The van der Waals surface area contributed by atoms with Crippen LogP contribution < -0.4 is 15.6 Å². The zero-order chi connectivity index (χ0) is 24.8. The summed E-state index contributed by atoms with van der Waals surface area (Å²) in [7, 11) is 2.16. The minimum absolute atomic E-state index is 1.03. The van der Waals surface area contributed by atoms with Gasteiger partial charge in [0.15, 0.2) is 0 Å². The summed E-state index contributed by atoms with van der Waals surface area (Å²) in [5, 5.41) is 15.9. The van der Waals surface area contributed by atoms with E-state index in [4.69, 9.17) is 5.10 Å². The van der Waals surface area contributed by atoms with E-state index in [9.17, 15) is 0 Å². The molecule has 1 aliphatic rings. The molecule has 1 aliphatic carbocycles. The highest BCUT2D eigenvalue weighted by atomic mass is 15.5. The Kier molecular flexibility index (Phi) is 5.14. The molecule has 0 aliphatic heterocycles. The number of rotatable bonds is 4. The van der Waals surface area contributed by atoms with Gasteiger partial charge < -0.3 is 4.57 Å². The van der Waals surface area contributed by atoms with Gasteiger partial charge in [-0.1, -0.05) is 78.9 Å². The lowest BCUT2D eigenvalue weighted by Crippen LogP contribution is -2.29. The normalized spacial score (nSPS) is 13.1. The van der Waals surface area contributed by atoms with Crippen LogP contribution in [0, 0.1) is 0 Å². The van der Waals surface area contributed by atoms with Gasteiger partial charge in [0.25, 0.3) is 0 Å². The molecule has 0 radical (unpaired) electrons. The van der Waals surface area contributed by atoms with Gasteiger partial charge in [-0.15, -0.1) is 0 Å². The molecule has 0 fully saturated rings. The van der Waals surface area contributed by atoms with Crippen LogP contribution in [0.1, 0.15) is 18.4 Å². The molecule has 0 N–H and O–H groups in total. The van der Waals surface area contributed by atoms with Gasteiger partial charge in [0.1, 0.15) is 0 Å². The third kappa shape index (κ3) is 3.80. The highest BCUT2D eigenvalue weighted by Crippen LogP contribution is 2.31. The maximum atomic E-state index is 5.06. The van der Waals surface area contributed by atoms with Crippen LogP contribution in [-0.4, -0.2) is 10.8 Å². The Bertz CT molecular complexity index is 1880. The van der Waals surface area contributed by atoms with E-state index >= 15 is 0 Å². The second kappa shape index (κ2) is 8.79. The van der Waals surface area contributed by atoms with E-state index in [0.29, 0.717) is 0 Å². The monoisotopic (exact) mass is 477 g/mol. The summed E-state index contributed by atoms with van der Waals surface area (Å²) >= 11 is 0. The molecule has 3 nitrogen and oxygen atoms in total. The zero-order valence-corrected chi connectivity index (χ0v) is 20.8. The number of hydrogen-bond acceptors (Lipinski definition) is 2. The predicted molar refractivity (Wildman–Crippen MR) is 158 cm³/mol. The van der Waals surface area contributed by atoms with Crippen molar-refractivity contribution < 1.29 is 0 Å². The van der Waals surface area contributed by atoms with Crippen molar-refractivity contribution in [1.29, 1.82) is 0 Å². The van der Waals surface area contributed by atoms with Crippen molar-refractivity contribution >= 4 is 62.2 Å². The molecule has 1 aromatic heterocycles. The molecule has 0 saturated heterocycles. The van der Waals surface area contributed by atoms with E-state index in [0.717, 1.165) is 29.8 Å². The molecular formula is C34H27N3. The zero-order valence-electron chi connectivity index (χ0n) is 20.8. The third-order valence-electron chi connectivity index (χ3n) is 7.44. The minimum Gasteiger partial charge on any atom is -0.344 e. The van der Waals surface area contributed by atoms with Crippen LogP contribution in [0.2, 0.25) is 0 Å². The van der Waals surface area contributed by atoms with Crippen LogP contribution in [0.25, 0.3) is 44.6 Å². The smallest absolute Gasteiger partial charge is 0.0659 e. The van der Waals surface area contributed by atoms with Crippen LogP contribution in [-0.2, 0) is 7.05 Å². The number of fused-ring (bicyclic) bond motifs is 5. The fourth-order valence-corrected chi connectivity index (χ4v) is 5.52. The number of hydrogen-bond donors (Lipinski definition) is 0. The summed E-state index contributed by atoms with van der Waals surface area (Å²) in [4.78, 5) is 0. The molecular weight excluding hydrogens is 450 g/mol. The molecule has 0 atom stereocenters. The Morgan fingerprint density at radius 3 is 1.97 bits per heavy atom.